The van der Waals surface area contributed by atoms with Gasteiger partial charge in [0.2, 0.25) is 5.28 Å². The Bertz CT molecular complexity index is 1860. The number of hydrogen-bond acceptors (Lipinski definition) is 14. The highest BCUT2D eigenvalue weighted by Gasteiger charge is 2.57. The van der Waals surface area contributed by atoms with E-state index in [0.29, 0.717) is 11.2 Å². The standard InChI is InChI=1S/C25H35ClN9O11PS/c1-34-10-13(8-27-34)21(38)32-48(3,43)33-23(39)25(12-44-2,47(40,41)42)45-11-16-17(36)18(37)22(46-16)35-20-15(9-28-35)19(30-24(26)31-20)29-14-6-4-5-7-14/h8-10,14,16-18,22,36-37H,4-7,11-12H2,1-3H3,(H,29,30,31)(H2,40,41,42)(H,32,33,38,39,43)/t16-,17-,18-,22-,25+,48?/m1/s1. The number of aliphatic hydroxyl groups is 2. The highest BCUT2D eigenvalue weighted by Crippen LogP contribution is 2.53. The Kier molecular flexibility index (Phi) is 10.6. The zero-order valence-electron chi connectivity index (χ0n) is 25.9. The highest BCUT2D eigenvalue weighted by atomic mass is 35.5. The number of halogens is 1. The molecule has 20 nitrogen and oxygen atoms in total. The minimum atomic E-state index is -5.66. The van der Waals surface area contributed by atoms with Crippen LogP contribution in [0.25, 0.3) is 11.0 Å². The first-order valence-electron chi connectivity index (χ1n) is 14.5. The second-order valence-electron chi connectivity index (χ2n) is 11.4. The van der Waals surface area contributed by atoms with Crippen LogP contribution < -0.4 is 10.0 Å². The normalized spacial score (nSPS) is 24.3. The summed E-state index contributed by atoms with van der Waals surface area (Å²) in [7, 11) is -7.08. The van der Waals surface area contributed by atoms with Gasteiger partial charge >= 0.3 is 13.5 Å². The average Bonchev–Trinajstić information content (AvgIpc) is 3.80. The zero-order valence-corrected chi connectivity index (χ0v) is 28.3. The van der Waals surface area contributed by atoms with Crippen molar-refractivity contribution >= 4 is 57.8 Å². The Hall–Kier alpha value is -3.11. The van der Waals surface area contributed by atoms with Gasteiger partial charge in [-0.2, -0.15) is 20.2 Å². The van der Waals surface area contributed by atoms with Crippen LogP contribution in [-0.2, 0) is 40.5 Å². The second-order valence-corrected chi connectivity index (χ2v) is 15.6. The maximum Gasteiger partial charge on any atom is 0.369 e. The van der Waals surface area contributed by atoms with Gasteiger partial charge in [-0.25, -0.2) is 8.89 Å². The van der Waals surface area contributed by atoms with Crippen molar-refractivity contribution in [1.82, 2.24) is 34.3 Å². The van der Waals surface area contributed by atoms with E-state index in [-0.39, 0.29) is 22.5 Å². The Morgan fingerprint density at radius 1 is 1.21 bits per heavy atom. The second kappa shape index (κ2) is 14.0. The van der Waals surface area contributed by atoms with Gasteiger partial charge in [-0.15, -0.1) is 4.36 Å². The Labute approximate surface area is 278 Å². The summed E-state index contributed by atoms with van der Waals surface area (Å²) in [6.45, 7) is -1.99. The molecule has 5 rings (SSSR count). The van der Waals surface area contributed by atoms with Crippen LogP contribution >= 0.6 is 19.2 Å². The summed E-state index contributed by atoms with van der Waals surface area (Å²) in [5, 5.41) is 30.4. The van der Waals surface area contributed by atoms with E-state index in [9.17, 15) is 38.4 Å². The molecule has 1 aliphatic heterocycles. The third-order valence-corrected chi connectivity index (χ3v) is 10.5. The van der Waals surface area contributed by atoms with E-state index in [0.717, 1.165) is 45.2 Å². The molecule has 23 heteroatoms. The number of nitrogens with zero attached hydrogens (tertiary/aromatic N) is 7. The number of nitrogens with one attached hydrogen (secondary N) is 2. The molecule has 0 spiro atoms. The molecule has 6 N–H and O–H groups in total. The number of fused-ring (bicyclic) bond motifs is 1. The molecule has 3 aromatic rings. The number of hydrogen-bond donors (Lipinski definition) is 6. The maximum atomic E-state index is 13.4. The lowest BCUT2D eigenvalue weighted by atomic mass is 10.1. The van der Waals surface area contributed by atoms with Crippen LogP contribution in [0.15, 0.2) is 23.0 Å². The van der Waals surface area contributed by atoms with Gasteiger partial charge in [0.1, 0.15) is 34.0 Å². The van der Waals surface area contributed by atoms with Crippen molar-refractivity contribution in [1.29, 1.82) is 0 Å². The topological polar surface area (TPSA) is 275 Å². The Morgan fingerprint density at radius 2 is 1.92 bits per heavy atom. The molecule has 2 fully saturated rings. The van der Waals surface area contributed by atoms with Gasteiger partial charge in [0.05, 0.1) is 36.6 Å². The summed E-state index contributed by atoms with van der Waals surface area (Å²) in [5.41, 5.74) is 0.141. The van der Waals surface area contributed by atoms with E-state index in [1.807, 2.05) is 4.72 Å². The smallest absolute Gasteiger partial charge is 0.369 e. The molecule has 0 radical (unpaired) electrons. The lowest BCUT2D eigenvalue weighted by molar-refractivity contribution is -0.149. The molecular weight excluding hydrogens is 701 g/mol. The fourth-order valence-electron chi connectivity index (χ4n) is 5.42. The van der Waals surface area contributed by atoms with Crippen molar-refractivity contribution in [2.75, 3.05) is 31.9 Å². The van der Waals surface area contributed by atoms with Gasteiger partial charge in [0, 0.05) is 32.7 Å². The fraction of sp³-hybridized carbons (Fsp3) is 0.600. The number of anilines is 1. The molecule has 1 unspecified atom stereocenters. The third kappa shape index (κ3) is 7.39. The molecule has 264 valence electrons. The molecule has 1 saturated carbocycles. The van der Waals surface area contributed by atoms with Crippen LogP contribution in [-0.4, -0.2) is 122 Å². The molecule has 1 saturated heterocycles. The number of carbonyl (C=O) groups excluding carboxylic acids is 2. The molecule has 0 bridgehead atoms. The first kappa shape index (κ1) is 36.2. The number of ether oxygens (including phenoxy) is 3. The van der Waals surface area contributed by atoms with Gasteiger partial charge in [0.25, 0.3) is 11.2 Å². The maximum absolute atomic E-state index is 13.4. The van der Waals surface area contributed by atoms with Crippen molar-refractivity contribution in [3.8, 4) is 0 Å². The minimum Gasteiger partial charge on any atom is -0.387 e. The van der Waals surface area contributed by atoms with Crippen LogP contribution in [0.1, 0.15) is 42.3 Å². The number of aryl methyl sites for hydroxylation is 1. The number of amides is 2. The third-order valence-electron chi connectivity index (χ3n) is 7.84. The van der Waals surface area contributed by atoms with Crippen LogP contribution in [0, 0.1) is 0 Å². The first-order valence-corrected chi connectivity index (χ1v) is 18.4. The molecule has 48 heavy (non-hydrogen) atoms. The van der Waals surface area contributed by atoms with Gasteiger partial charge < -0.3 is 39.5 Å². The number of methoxy groups -OCH3 is 1. The van der Waals surface area contributed by atoms with E-state index in [1.165, 1.54) is 28.8 Å². The summed E-state index contributed by atoms with van der Waals surface area (Å²) >= 11 is 6.20. The average molecular weight is 736 g/mol. The highest BCUT2D eigenvalue weighted by molar-refractivity contribution is 7.91. The Morgan fingerprint density at radius 3 is 2.54 bits per heavy atom. The van der Waals surface area contributed by atoms with E-state index < -0.39 is 72.4 Å². The van der Waals surface area contributed by atoms with Gasteiger partial charge in [-0.05, 0) is 24.4 Å². The quantitative estimate of drug-likeness (QED) is 0.103. The lowest BCUT2D eigenvalue weighted by Gasteiger charge is -2.31. The van der Waals surface area contributed by atoms with Crippen molar-refractivity contribution in [2.45, 2.75) is 61.6 Å². The molecule has 1 aliphatic carbocycles. The molecule has 2 aliphatic rings. The van der Waals surface area contributed by atoms with Gasteiger partial charge in [0.15, 0.2) is 11.9 Å². The van der Waals surface area contributed by atoms with Crippen LogP contribution in [0.4, 0.5) is 5.82 Å². The van der Waals surface area contributed by atoms with E-state index in [1.54, 1.807) is 0 Å². The largest absolute Gasteiger partial charge is 0.387 e. The fourth-order valence-corrected chi connectivity index (χ4v) is 7.47. The van der Waals surface area contributed by atoms with E-state index >= 15 is 0 Å². The van der Waals surface area contributed by atoms with Crippen LogP contribution in [0.2, 0.25) is 5.28 Å². The van der Waals surface area contributed by atoms with E-state index in [4.69, 9.17) is 25.8 Å². The number of rotatable bonds is 12. The van der Waals surface area contributed by atoms with Crippen molar-refractivity contribution in [3.05, 3.63) is 29.4 Å². The monoisotopic (exact) mass is 735 g/mol. The van der Waals surface area contributed by atoms with Gasteiger partial charge in [-0.3, -0.25) is 23.6 Å². The summed E-state index contributed by atoms with van der Waals surface area (Å²) in [5.74, 6) is -2.23. The van der Waals surface area contributed by atoms with Crippen molar-refractivity contribution in [2.24, 2.45) is 11.4 Å². The van der Waals surface area contributed by atoms with Crippen molar-refractivity contribution in [3.63, 3.8) is 0 Å². The molecule has 3 aromatic heterocycles. The number of aliphatic hydroxyl groups excluding tert-OH is 2. The Balaban J connectivity index is 1.38. The number of carbonyl (C=O) groups is 2. The molecule has 6 atom stereocenters. The van der Waals surface area contributed by atoms with Gasteiger partial charge in [-0.1, -0.05) is 12.8 Å². The van der Waals surface area contributed by atoms with E-state index in [2.05, 4.69) is 29.8 Å². The summed E-state index contributed by atoms with van der Waals surface area (Å²) in [6, 6.07) is 0.175. The van der Waals surface area contributed by atoms with Crippen molar-refractivity contribution < 1.29 is 52.6 Å². The molecule has 4 heterocycles. The van der Waals surface area contributed by atoms with Crippen LogP contribution in [0.5, 0.6) is 0 Å². The predicted molar refractivity (Wildman–Crippen MR) is 167 cm³/mol. The lowest BCUT2D eigenvalue weighted by Crippen LogP contribution is -2.48. The minimum absolute atomic E-state index is 0.0235. The zero-order chi connectivity index (χ0) is 35.0. The summed E-state index contributed by atoms with van der Waals surface area (Å²) < 4.78 is 49.9. The predicted octanol–water partition coefficient (Wildman–Crippen LogP) is -0.307. The summed E-state index contributed by atoms with van der Waals surface area (Å²) in [6.07, 6.45) is 2.51. The first-order chi connectivity index (χ1) is 22.5. The molecular formula is C25H35ClN9O11PS. The molecule has 2 amide bonds. The SMILES string of the molecule is COC[C@@](OC[C@H]1O[C@@H](n2ncc3c(NC4CCCC4)nc(Cl)nc32)[C@H](O)[C@@H]1O)(C(=O)N=S(C)(=O)NC(=O)c1cnn(C)c1)P(=O)(O)O. The number of aromatic nitrogens is 6. The molecule has 0 aromatic carbocycles. The van der Waals surface area contributed by atoms with Crippen LogP contribution in [0.3, 0.4) is 0 Å². The summed E-state index contributed by atoms with van der Waals surface area (Å²) in [4.78, 5) is 54.9.